The van der Waals surface area contributed by atoms with Gasteiger partial charge in [-0.25, -0.2) is 15.8 Å². The largest absolute Gasteiger partial charge is 0.395 e. The van der Waals surface area contributed by atoms with E-state index in [1.807, 2.05) is 0 Å². The normalized spacial score (nSPS) is 10.1. The standard InChI is InChI=1S/C9H17N5O/c1-2-3-7-12-8(11-4-5-15)6-9(13-7)14-10/h6,15H,2-5,10H2,1H3,(H2,11,12,13,14). The van der Waals surface area contributed by atoms with Crippen molar-refractivity contribution in [3.8, 4) is 0 Å². The van der Waals surface area contributed by atoms with Crippen molar-refractivity contribution < 1.29 is 5.11 Å². The Hall–Kier alpha value is -1.40. The van der Waals surface area contributed by atoms with Gasteiger partial charge in [0.1, 0.15) is 17.5 Å². The van der Waals surface area contributed by atoms with Crippen LogP contribution in [0.5, 0.6) is 0 Å². The monoisotopic (exact) mass is 211 g/mol. The summed E-state index contributed by atoms with van der Waals surface area (Å²) in [6.45, 7) is 2.60. The fourth-order valence-electron chi connectivity index (χ4n) is 1.18. The minimum atomic E-state index is 0.0680. The molecule has 0 amide bonds. The molecule has 0 aliphatic rings. The summed E-state index contributed by atoms with van der Waals surface area (Å²) in [5, 5.41) is 11.7. The lowest BCUT2D eigenvalue weighted by Gasteiger charge is -2.08. The predicted molar refractivity (Wildman–Crippen MR) is 59.4 cm³/mol. The Morgan fingerprint density at radius 2 is 2.13 bits per heavy atom. The molecule has 1 rings (SSSR count). The van der Waals surface area contributed by atoms with Crippen molar-refractivity contribution in [2.45, 2.75) is 19.8 Å². The lowest BCUT2D eigenvalue weighted by molar-refractivity contribution is 0.311. The smallest absolute Gasteiger partial charge is 0.145 e. The molecule has 0 saturated carbocycles. The Balaban J connectivity index is 2.79. The zero-order chi connectivity index (χ0) is 11.1. The van der Waals surface area contributed by atoms with Gasteiger partial charge in [-0.3, -0.25) is 0 Å². The van der Waals surface area contributed by atoms with E-state index in [-0.39, 0.29) is 6.61 Å². The van der Waals surface area contributed by atoms with Crippen molar-refractivity contribution >= 4 is 11.6 Å². The van der Waals surface area contributed by atoms with Gasteiger partial charge in [0.2, 0.25) is 0 Å². The molecule has 0 fully saturated rings. The van der Waals surface area contributed by atoms with E-state index in [9.17, 15) is 0 Å². The number of anilines is 2. The zero-order valence-electron chi connectivity index (χ0n) is 8.82. The number of nitrogens with two attached hydrogens (primary N) is 1. The average Bonchev–Trinajstić information content (AvgIpc) is 2.26. The fourth-order valence-corrected chi connectivity index (χ4v) is 1.18. The molecule has 0 saturated heterocycles. The molecule has 1 heterocycles. The van der Waals surface area contributed by atoms with E-state index in [2.05, 4.69) is 27.6 Å². The molecule has 5 N–H and O–H groups in total. The first-order chi connectivity index (χ1) is 7.30. The number of aliphatic hydroxyl groups is 1. The number of hydrogen-bond donors (Lipinski definition) is 4. The number of aliphatic hydroxyl groups excluding tert-OH is 1. The summed E-state index contributed by atoms with van der Waals surface area (Å²) in [4.78, 5) is 8.48. The zero-order valence-corrected chi connectivity index (χ0v) is 8.82. The topological polar surface area (TPSA) is 96.1 Å². The third-order valence-corrected chi connectivity index (χ3v) is 1.81. The first kappa shape index (κ1) is 11.7. The van der Waals surface area contributed by atoms with E-state index in [1.165, 1.54) is 0 Å². The minimum Gasteiger partial charge on any atom is -0.395 e. The maximum atomic E-state index is 8.68. The molecule has 84 valence electrons. The maximum absolute atomic E-state index is 8.68. The van der Waals surface area contributed by atoms with Crippen molar-refractivity contribution in [3.63, 3.8) is 0 Å². The number of hydrogen-bond acceptors (Lipinski definition) is 6. The van der Waals surface area contributed by atoms with E-state index in [0.29, 0.717) is 18.2 Å². The Morgan fingerprint density at radius 3 is 2.73 bits per heavy atom. The van der Waals surface area contributed by atoms with Crippen molar-refractivity contribution in [1.29, 1.82) is 0 Å². The highest BCUT2D eigenvalue weighted by atomic mass is 16.3. The molecule has 0 bridgehead atoms. The van der Waals surface area contributed by atoms with Gasteiger partial charge in [-0.2, -0.15) is 0 Å². The molecular weight excluding hydrogens is 194 g/mol. The van der Waals surface area contributed by atoms with Gasteiger partial charge in [0.25, 0.3) is 0 Å². The first-order valence-corrected chi connectivity index (χ1v) is 4.99. The van der Waals surface area contributed by atoms with Gasteiger partial charge in [0.15, 0.2) is 0 Å². The van der Waals surface area contributed by atoms with Crippen molar-refractivity contribution in [2.24, 2.45) is 5.84 Å². The number of nitrogen functional groups attached to an aromatic ring is 1. The average molecular weight is 211 g/mol. The van der Waals surface area contributed by atoms with Gasteiger partial charge < -0.3 is 15.8 Å². The maximum Gasteiger partial charge on any atom is 0.145 e. The number of aryl methyl sites for hydroxylation is 1. The molecule has 6 nitrogen and oxygen atoms in total. The van der Waals surface area contributed by atoms with Crippen LogP contribution in [0.2, 0.25) is 0 Å². The summed E-state index contributed by atoms with van der Waals surface area (Å²) < 4.78 is 0. The molecule has 1 aromatic rings. The summed E-state index contributed by atoms with van der Waals surface area (Å²) >= 11 is 0. The minimum absolute atomic E-state index is 0.0680. The molecule has 0 aliphatic heterocycles. The van der Waals surface area contributed by atoms with E-state index in [0.717, 1.165) is 18.7 Å². The highest BCUT2D eigenvalue weighted by molar-refractivity contribution is 5.46. The van der Waals surface area contributed by atoms with Gasteiger partial charge in [0.05, 0.1) is 6.61 Å². The Labute approximate surface area is 88.9 Å². The Kier molecular flexibility index (Phi) is 4.79. The summed E-state index contributed by atoms with van der Waals surface area (Å²) in [5.74, 6) is 7.29. The van der Waals surface area contributed by atoms with Crippen LogP contribution < -0.4 is 16.6 Å². The van der Waals surface area contributed by atoms with Gasteiger partial charge in [-0.1, -0.05) is 6.92 Å². The second-order valence-corrected chi connectivity index (χ2v) is 3.10. The quantitative estimate of drug-likeness (QED) is 0.394. The van der Waals surface area contributed by atoms with Crippen LogP contribution in [0.3, 0.4) is 0 Å². The molecule has 15 heavy (non-hydrogen) atoms. The molecule has 0 atom stereocenters. The van der Waals surface area contributed by atoms with Crippen molar-refractivity contribution in [2.75, 3.05) is 23.9 Å². The first-order valence-electron chi connectivity index (χ1n) is 4.99. The lowest BCUT2D eigenvalue weighted by Crippen LogP contribution is -2.13. The summed E-state index contributed by atoms with van der Waals surface area (Å²) in [6, 6.07) is 1.70. The summed E-state index contributed by atoms with van der Waals surface area (Å²) in [7, 11) is 0. The van der Waals surface area contributed by atoms with Crippen LogP contribution in [-0.2, 0) is 6.42 Å². The van der Waals surface area contributed by atoms with E-state index >= 15 is 0 Å². The van der Waals surface area contributed by atoms with Crippen LogP contribution >= 0.6 is 0 Å². The second-order valence-electron chi connectivity index (χ2n) is 3.10. The number of aromatic nitrogens is 2. The number of nitrogens with one attached hydrogen (secondary N) is 2. The third-order valence-electron chi connectivity index (χ3n) is 1.81. The molecule has 0 radical (unpaired) electrons. The number of nitrogens with zero attached hydrogens (tertiary/aromatic N) is 2. The number of hydrazine groups is 1. The van der Waals surface area contributed by atoms with E-state index in [4.69, 9.17) is 10.9 Å². The molecule has 6 heteroatoms. The Morgan fingerprint density at radius 1 is 1.40 bits per heavy atom. The molecule has 1 aromatic heterocycles. The van der Waals surface area contributed by atoms with E-state index in [1.54, 1.807) is 6.07 Å². The second kappa shape index (κ2) is 6.15. The molecular formula is C9H17N5O. The molecule has 0 unspecified atom stereocenters. The van der Waals surface area contributed by atoms with Crippen LogP contribution in [0.4, 0.5) is 11.6 Å². The lowest BCUT2D eigenvalue weighted by atomic mass is 10.3. The third kappa shape index (κ3) is 3.69. The molecule has 0 aliphatic carbocycles. The van der Waals surface area contributed by atoms with Gasteiger partial charge in [-0.15, -0.1) is 0 Å². The molecule has 0 aromatic carbocycles. The van der Waals surface area contributed by atoms with Gasteiger partial charge in [-0.05, 0) is 6.42 Å². The van der Waals surface area contributed by atoms with Crippen LogP contribution in [0.25, 0.3) is 0 Å². The van der Waals surface area contributed by atoms with Crippen LogP contribution in [0.1, 0.15) is 19.2 Å². The van der Waals surface area contributed by atoms with Gasteiger partial charge >= 0.3 is 0 Å². The molecule has 0 spiro atoms. The van der Waals surface area contributed by atoms with Crippen molar-refractivity contribution in [1.82, 2.24) is 9.97 Å². The van der Waals surface area contributed by atoms with Crippen LogP contribution in [-0.4, -0.2) is 28.2 Å². The summed E-state index contributed by atoms with van der Waals surface area (Å²) in [5.41, 5.74) is 2.49. The Bertz CT molecular complexity index is 305. The van der Waals surface area contributed by atoms with Crippen LogP contribution in [0, 0.1) is 0 Å². The summed E-state index contributed by atoms with van der Waals surface area (Å²) in [6.07, 6.45) is 1.79. The number of rotatable bonds is 6. The van der Waals surface area contributed by atoms with Gasteiger partial charge in [0, 0.05) is 19.0 Å². The highest BCUT2D eigenvalue weighted by Gasteiger charge is 2.02. The van der Waals surface area contributed by atoms with E-state index < -0.39 is 0 Å². The highest BCUT2D eigenvalue weighted by Crippen LogP contribution is 2.10. The predicted octanol–water partition coefficient (Wildman–Crippen LogP) is 0.119. The van der Waals surface area contributed by atoms with Crippen molar-refractivity contribution in [3.05, 3.63) is 11.9 Å². The van der Waals surface area contributed by atoms with Crippen LogP contribution in [0.15, 0.2) is 6.07 Å². The SMILES string of the molecule is CCCc1nc(NN)cc(NCCO)n1. The fraction of sp³-hybridized carbons (Fsp3) is 0.556.